The van der Waals surface area contributed by atoms with Crippen LogP contribution in [0.2, 0.25) is 0 Å². The van der Waals surface area contributed by atoms with E-state index in [1.54, 1.807) is 10.6 Å². The molecule has 0 N–H and O–H groups in total. The molecule has 0 unspecified atom stereocenters. The predicted octanol–water partition coefficient (Wildman–Crippen LogP) is 2.91. The molecule has 0 fully saturated rings. The first-order chi connectivity index (χ1) is 7.22. The summed E-state index contributed by atoms with van der Waals surface area (Å²) in [4.78, 5) is 0. The van der Waals surface area contributed by atoms with Gasteiger partial charge in [0.05, 0.1) is 11.6 Å². The fourth-order valence-corrected chi connectivity index (χ4v) is 1.84. The molecule has 1 heterocycles. The standard InChI is InChI=1S/C9H6BrClFN3/c10-7-2-1-6(12)3-8(7)15-5-13-14-9(15)4-11/h1-3,5H,4H2. The number of alkyl halides is 1. The molecule has 6 heteroatoms. The van der Waals surface area contributed by atoms with Gasteiger partial charge < -0.3 is 0 Å². The lowest BCUT2D eigenvalue weighted by Gasteiger charge is -2.06. The number of rotatable bonds is 2. The molecule has 0 bridgehead atoms. The maximum absolute atomic E-state index is 13.1. The molecule has 15 heavy (non-hydrogen) atoms. The van der Waals surface area contributed by atoms with Crippen molar-refractivity contribution in [2.75, 3.05) is 0 Å². The number of nitrogens with zero attached hydrogens (tertiary/aromatic N) is 3. The zero-order chi connectivity index (χ0) is 10.8. The van der Waals surface area contributed by atoms with E-state index in [9.17, 15) is 4.39 Å². The highest BCUT2D eigenvalue weighted by molar-refractivity contribution is 9.10. The molecule has 3 nitrogen and oxygen atoms in total. The molecule has 2 rings (SSSR count). The average Bonchev–Trinajstić information content (AvgIpc) is 2.69. The first-order valence-corrected chi connectivity index (χ1v) is 5.45. The van der Waals surface area contributed by atoms with E-state index in [0.29, 0.717) is 11.5 Å². The average molecular weight is 291 g/mol. The molecule has 0 aliphatic heterocycles. The fourth-order valence-electron chi connectivity index (χ4n) is 1.22. The Kier molecular flexibility index (Phi) is 3.02. The van der Waals surface area contributed by atoms with E-state index in [1.807, 2.05) is 0 Å². The van der Waals surface area contributed by atoms with Crippen LogP contribution in [0.15, 0.2) is 29.0 Å². The summed E-state index contributed by atoms with van der Waals surface area (Å²) in [6, 6.07) is 4.39. The van der Waals surface area contributed by atoms with Gasteiger partial charge in [-0.15, -0.1) is 21.8 Å². The number of hydrogen-bond acceptors (Lipinski definition) is 2. The minimum absolute atomic E-state index is 0.225. The summed E-state index contributed by atoms with van der Waals surface area (Å²) in [6.07, 6.45) is 1.50. The zero-order valence-corrected chi connectivity index (χ0v) is 9.83. The lowest BCUT2D eigenvalue weighted by atomic mass is 10.3. The first-order valence-electron chi connectivity index (χ1n) is 4.12. The van der Waals surface area contributed by atoms with Crippen molar-refractivity contribution >= 4 is 27.5 Å². The van der Waals surface area contributed by atoms with Gasteiger partial charge in [-0.1, -0.05) is 0 Å². The van der Waals surface area contributed by atoms with Crippen molar-refractivity contribution in [1.82, 2.24) is 14.8 Å². The van der Waals surface area contributed by atoms with Crippen LogP contribution in [-0.4, -0.2) is 14.8 Å². The second kappa shape index (κ2) is 4.28. The molecule has 2 aromatic rings. The Morgan fingerprint density at radius 1 is 1.47 bits per heavy atom. The van der Waals surface area contributed by atoms with Gasteiger partial charge in [-0.3, -0.25) is 4.57 Å². The van der Waals surface area contributed by atoms with Crippen LogP contribution < -0.4 is 0 Å². The molecule has 0 atom stereocenters. The molecule has 78 valence electrons. The molecule has 0 spiro atoms. The largest absolute Gasteiger partial charge is 0.283 e. The second-order valence-electron chi connectivity index (χ2n) is 2.85. The molecule has 0 radical (unpaired) electrons. The number of halogens is 3. The van der Waals surface area contributed by atoms with Crippen LogP contribution in [0.25, 0.3) is 5.69 Å². The molecule has 0 saturated heterocycles. The van der Waals surface area contributed by atoms with Crippen molar-refractivity contribution in [2.45, 2.75) is 5.88 Å². The first kappa shape index (κ1) is 10.6. The van der Waals surface area contributed by atoms with Gasteiger partial charge in [0.15, 0.2) is 5.82 Å². The maximum atomic E-state index is 13.1. The Morgan fingerprint density at radius 2 is 2.27 bits per heavy atom. The van der Waals surface area contributed by atoms with E-state index in [4.69, 9.17) is 11.6 Å². The third-order valence-electron chi connectivity index (χ3n) is 1.91. The van der Waals surface area contributed by atoms with Gasteiger partial charge in [0.25, 0.3) is 0 Å². The summed E-state index contributed by atoms with van der Waals surface area (Å²) < 4.78 is 15.5. The van der Waals surface area contributed by atoms with Crippen LogP contribution in [0.1, 0.15) is 5.82 Å². The lowest BCUT2D eigenvalue weighted by molar-refractivity contribution is 0.626. The Morgan fingerprint density at radius 3 is 3.00 bits per heavy atom. The monoisotopic (exact) mass is 289 g/mol. The summed E-state index contributed by atoms with van der Waals surface area (Å²) in [7, 11) is 0. The zero-order valence-electron chi connectivity index (χ0n) is 7.49. The third-order valence-corrected chi connectivity index (χ3v) is 2.82. The summed E-state index contributed by atoms with van der Waals surface area (Å²) in [6.45, 7) is 0. The second-order valence-corrected chi connectivity index (χ2v) is 3.97. The highest BCUT2D eigenvalue weighted by atomic mass is 79.9. The molecule has 0 amide bonds. The van der Waals surface area contributed by atoms with E-state index in [2.05, 4.69) is 26.1 Å². The molecular weight excluding hydrogens is 284 g/mol. The van der Waals surface area contributed by atoms with Crippen molar-refractivity contribution in [2.24, 2.45) is 0 Å². The Balaban J connectivity index is 2.58. The SMILES string of the molecule is Fc1ccc(Br)c(-n2cnnc2CCl)c1. The predicted molar refractivity (Wildman–Crippen MR) is 58.6 cm³/mol. The van der Waals surface area contributed by atoms with E-state index < -0.39 is 0 Å². The van der Waals surface area contributed by atoms with Crippen molar-refractivity contribution in [3.8, 4) is 5.69 Å². The van der Waals surface area contributed by atoms with E-state index in [0.717, 1.165) is 4.47 Å². The molecule has 0 saturated carbocycles. The highest BCUT2D eigenvalue weighted by Crippen LogP contribution is 2.23. The molecule has 1 aromatic heterocycles. The minimum Gasteiger partial charge on any atom is -0.283 e. The topological polar surface area (TPSA) is 30.7 Å². The van der Waals surface area contributed by atoms with Gasteiger partial charge in [-0.25, -0.2) is 4.39 Å². The molecular formula is C9H6BrClFN3. The smallest absolute Gasteiger partial charge is 0.152 e. The van der Waals surface area contributed by atoms with Crippen LogP contribution >= 0.6 is 27.5 Å². The van der Waals surface area contributed by atoms with Crippen LogP contribution in [0.3, 0.4) is 0 Å². The van der Waals surface area contributed by atoms with Gasteiger partial charge in [0.1, 0.15) is 12.1 Å². The van der Waals surface area contributed by atoms with Crippen molar-refractivity contribution in [1.29, 1.82) is 0 Å². The van der Waals surface area contributed by atoms with Crippen molar-refractivity contribution < 1.29 is 4.39 Å². The van der Waals surface area contributed by atoms with Crippen LogP contribution in [0.5, 0.6) is 0 Å². The Hall–Kier alpha value is -0.940. The molecule has 1 aromatic carbocycles. The Labute approximate surface area is 99.0 Å². The maximum Gasteiger partial charge on any atom is 0.152 e. The van der Waals surface area contributed by atoms with Gasteiger partial charge in [-0.05, 0) is 34.1 Å². The summed E-state index contributed by atoms with van der Waals surface area (Å²) in [5.74, 6) is 0.480. The summed E-state index contributed by atoms with van der Waals surface area (Å²) >= 11 is 9.01. The fraction of sp³-hybridized carbons (Fsp3) is 0.111. The molecule has 0 aliphatic carbocycles. The van der Waals surface area contributed by atoms with Crippen molar-refractivity contribution in [3.05, 3.63) is 40.6 Å². The van der Waals surface area contributed by atoms with Gasteiger partial charge in [0.2, 0.25) is 0 Å². The Bertz CT molecular complexity index is 486. The molecule has 0 aliphatic rings. The van der Waals surface area contributed by atoms with Crippen molar-refractivity contribution in [3.63, 3.8) is 0 Å². The highest BCUT2D eigenvalue weighted by Gasteiger charge is 2.09. The quantitative estimate of drug-likeness (QED) is 0.796. The van der Waals surface area contributed by atoms with E-state index >= 15 is 0 Å². The van der Waals surface area contributed by atoms with Gasteiger partial charge in [0, 0.05) is 4.47 Å². The van der Waals surface area contributed by atoms with Gasteiger partial charge >= 0.3 is 0 Å². The van der Waals surface area contributed by atoms with Crippen LogP contribution in [0, 0.1) is 5.82 Å². The number of hydrogen-bond donors (Lipinski definition) is 0. The number of benzene rings is 1. The summed E-state index contributed by atoms with van der Waals surface area (Å²) in [5, 5.41) is 7.54. The van der Waals surface area contributed by atoms with Gasteiger partial charge in [-0.2, -0.15) is 0 Å². The third kappa shape index (κ3) is 2.03. The number of aromatic nitrogens is 3. The van der Waals surface area contributed by atoms with E-state index in [-0.39, 0.29) is 11.7 Å². The minimum atomic E-state index is -0.317. The normalized spacial score (nSPS) is 10.6. The lowest BCUT2D eigenvalue weighted by Crippen LogP contribution is -1.99. The summed E-state index contributed by atoms with van der Waals surface area (Å²) in [5.41, 5.74) is 0.635. The van der Waals surface area contributed by atoms with Crippen LogP contribution in [0.4, 0.5) is 4.39 Å². The van der Waals surface area contributed by atoms with E-state index in [1.165, 1.54) is 18.5 Å². The van der Waals surface area contributed by atoms with Crippen LogP contribution in [-0.2, 0) is 5.88 Å².